The van der Waals surface area contributed by atoms with Crippen molar-refractivity contribution in [2.75, 3.05) is 24.2 Å². The number of anilines is 1. The van der Waals surface area contributed by atoms with Crippen LogP contribution < -0.4 is 5.32 Å². The largest absolute Gasteiger partial charge is 0.450 e. The highest BCUT2D eigenvalue weighted by molar-refractivity contribution is 7.92. The molecular weight excluding hydrogens is 426 g/mol. The van der Waals surface area contributed by atoms with Crippen molar-refractivity contribution in [3.05, 3.63) is 45.8 Å². The highest BCUT2D eigenvalue weighted by Crippen LogP contribution is 2.36. The molecule has 1 aliphatic heterocycles. The zero-order chi connectivity index (χ0) is 21.9. The molecule has 0 radical (unpaired) electrons. The minimum absolute atomic E-state index is 0.0688. The standard InChI is InChI=1S/C20H21N3O5S2/c1-3-28-20(25)23-9-8-15-16(10-21)19(29-17(15)11-23)22-18(24)12-30(26,27)14-6-4-13(2)5-7-14/h4-7H,3,8-9,11-12H2,1-2H3,(H,22,24). The zero-order valence-corrected chi connectivity index (χ0v) is 18.2. The fourth-order valence-corrected chi connectivity index (χ4v) is 5.51. The summed E-state index contributed by atoms with van der Waals surface area (Å²) in [6.45, 7) is 4.53. The van der Waals surface area contributed by atoms with Crippen LogP contribution in [0, 0.1) is 18.3 Å². The second-order valence-electron chi connectivity index (χ2n) is 6.81. The first-order valence-corrected chi connectivity index (χ1v) is 11.8. The molecule has 0 unspecified atom stereocenters. The van der Waals surface area contributed by atoms with Gasteiger partial charge in [-0.25, -0.2) is 13.2 Å². The predicted octanol–water partition coefficient (Wildman–Crippen LogP) is 2.86. The number of carbonyl (C=O) groups is 2. The Morgan fingerprint density at radius 3 is 2.63 bits per heavy atom. The Morgan fingerprint density at radius 2 is 2.00 bits per heavy atom. The van der Waals surface area contributed by atoms with Crippen LogP contribution in [0.2, 0.25) is 0 Å². The molecule has 1 aromatic heterocycles. The van der Waals surface area contributed by atoms with E-state index in [1.54, 1.807) is 19.1 Å². The molecule has 0 saturated carbocycles. The molecule has 8 nitrogen and oxygen atoms in total. The molecule has 0 saturated heterocycles. The number of hydrogen-bond donors (Lipinski definition) is 1. The zero-order valence-electron chi connectivity index (χ0n) is 16.6. The van der Waals surface area contributed by atoms with Gasteiger partial charge >= 0.3 is 6.09 Å². The summed E-state index contributed by atoms with van der Waals surface area (Å²) in [6.07, 6.45) is 0.0373. The third-order valence-corrected chi connectivity index (χ3v) is 7.41. The molecule has 0 spiro atoms. The van der Waals surface area contributed by atoms with E-state index < -0.39 is 27.6 Å². The number of amides is 2. The molecule has 0 aliphatic carbocycles. The SMILES string of the molecule is CCOC(=O)N1CCc2c(sc(NC(=O)CS(=O)(=O)c3ccc(C)cc3)c2C#N)C1. The fraction of sp³-hybridized carbons (Fsp3) is 0.350. The van der Waals surface area contributed by atoms with E-state index >= 15 is 0 Å². The number of thiophene rings is 1. The highest BCUT2D eigenvalue weighted by atomic mass is 32.2. The van der Waals surface area contributed by atoms with Crippen molar-refractivity contribution >= 4 is 38.2 Å². The molecule has 1 aromatic carbocycles. The van der Waals surface area contributed by atoms with Crippen LogP contribution in [0.25, 0.3) is 0 Å². The first-order valence-electron chi connectivity index (χ1n) is 9.30. The number of nitriles is 1. The number of aryl methyl sites for hydroxylation is 1. The average Bonchev–Trinajstić information content (AvgIpc) is 3.03. The molecule has 1 aliphatic rings. The monoisotopic (exact) mass is 447 g/mol. The Hall–Kier alpha value is -2.90. The van der Waals surface area contributed by atoms with Crippen molar-refractivity contribution in [1.29, 1.82) is 5.26 Å². The van der Waals surface area contributed by atoms with E-state index in [-0.39, 0.29) is 18.0 Å². The van der Waals surface area contributed by atoms with Gasteiger partial charge in [-0.15, -0.1) is 11.3 Å². The van der Waals surface area contributed by atoms with Crippen LogP contribution in [-0.2, 0) is 32.3 Å². The molecule has 2 amide bonds. The van der Waals surface area contributed by atoms with E-state index in [9.17, 15) is 23.3 Å². The normalized spacial score (nSPS) is 13.3. The molecule has 30 heavy (non-hydrogen) atoms. The summed E-state index contributed by atoms with van der Waals surface area (Å²) < 4.78 is 30.0. The molecule has 158 valence electrons. The number of ether oxygens (including phenoxy) is 1. The lowest BCUT2D eigenvalue weighted by molar-refractivity contribution is -0.113. The van der Waals surface area contributed by atoms with E-state index in [0.29, 0.717) is 23.5 Å². The van der Waals surface area contributed by atoms with Crippen LogP contribution >= 0.6 is 11.3 Å². The molecule has 2 aromatic rings. The second-order valence-corrected chi connectivity index (χ2v) is 9.91. The summed E-state index contributed by atoms with van der Waals surface area (Å²) in [5.74, 6) is -1.44. The van der Waals surface area contributed by atoms with E-state index in [0.717, 1.165) is 16.0 Å². The predicted molar refractivity (Wildman–Crippen MR) is 112 cm³/mol. The van der Waals surface area contributed by atoms with Gasteiger partial charge in [0.05, 0.1) is 23.6 Å². The molecule has 2 heterocycles. The molecular formula is C20H21N3O5S2. The third-order valence-electron chi connectivity index (χ3n) is 4.65. The van der Waals surface area contributed by atoms with Crippen molar-refractivity contribution in [1.82, 2.24) is 4.90 Å². The van der Waals surface area contributed by atoms with Gasteiger partial charge in [-0.3, -0.25) is 4.79 Å². The van der Waals surface area contributed by atoms with E-state index in [1.165, 1.54) is 28.4 Å². The summed E-state index contributed by atoms with van der Waals surface area (Å²) >= 11 is 1.18. The first kappa shape index (κ1) is 21.8. The smallest absolute Gasteiger partial charge is 0.410 e. The highest BCUT2D eigenvalue weighted by Gasteiger charge is 2.29. The summed E-state index contributed by atoms with van der Waals surface area (Å²) in [6, 6.07) is 8.36. The third kappa shape index (κ3) is 4.63. The van der Waals surface area contributed by atoms with Crippen molar-refractivity contribution in [3.63, 3.8) is 0 Å². The van der Waals surface area contributed by atoms with Gasteiger partial charge in [-0.2, -0.15) is 5.26 Å². The van der Waals surface area contributed by atoms with E-state index in [1.807, 2.05) is 6.92 Å². The van der Waals surface area contributed by atoms with Gasteiger partial charge in [-0.05, 0) is 38.0 Å². The van der Waals surface area contributed by atoms with E-state index in [4.69, 9.17) is 4.74 Å². The number of hydrogen-bond acceptors (Lipinski definition) is 7. The van der Waals surface area contributed by atoms with Crippen LogP contribution in [0.4, 0.5) is 9.80 Å². The lowest BCUT2D eigenvalue weighted by atomic mass is 10.0. The molecule has 0 atom stereocenters. The van der Waals surface area contributed by atoms with Crippen LogP contribution in [0.3, 0.4) is 0 Å². The Morgan fingerprint density at radius 1 is 1.30 bits per heavy atom. The van der Waals surface area contributed by atoms with Crippen LogP contribution in [0.1, 0.15) is 28.5 Å². The van der Waals surface area contributed by atoms with Gasteiger partial charge < -0.3 is 15.0 Å². The van der Waals surface area contributed by atoms with Gasteiger partial charge in [0.15, 0.2) is 9.84 Å². The van der Waals surface area contributed by atoms with Crippen LogP contribution in [0.15, 0.2) is 29.2 Å². The summed E-state index contributed by atoms with van der Waals surface area (Å²) in [5, 5.41) is 12.4. The van der Waals surface area contributed by atoms with Crippen LogP contribution in [0.5, 0.6) is 0 Å². The van der Waals surface area contributed by atoms with Crippen molar-refractivity contribution < 1.29 is 22.7 Å². The lowest BCUT2D eigenvalue weighted by Gasteiger charge is -2.25. The summed E-state index contributed by atoms with van der Waals surface area (Å²) in [4.78, 5) is 26.8. The molecule has 10 heteroatoms. The van der Waals surface area contributed by atoms with Crippen molar-refractivity contribution in [2.45, 2.75) is 31.7 Å². The number of carbonyl (C=O) groups excluding carboxylic acids is 2. The van der Waals surface area contributed by atoms with Gasteiger partial charge in [0.25, 0.3) is 0 Å². The number of rotatable bonds is 5. The Labute approximate surface area is 179 Å². The minimum atomic E-state index is -3.80. The van der Waals surface area contributed by atoms with Gasteiger partial charge in [0.2, 0.25) is 5.91 Å². The lowest BCUT2D eigenvalue weighted by Crippen LogP contribution is -2.35. The maximum absolute atomic E-state index is 12.5. The maximum atomic E-state index is 12.5. The molecule has 3 rings (SSSR count). The van der Waals surface area contributed by atoms with Crippen molar-refractivity contribution in [2.24, 2.45) is 0 Å². The molecule has 0 fully saturated rings. The maximum Gasteiger partial charge on any atom is 0.410 e. The average molecular weight is 448 g/mol. The number of fused-ring (bicyclic) bond motifs is 1. The van der Waals surface area contributed by atoms with Gasteiger partial charge in [0.1, 0.15) is 16.8 Å². The molecule has 1 N–H and O–H groups in total. The van der Waals surface area contributed by atoms with E-state index in [2.05, 4.69) is 11.4 Å². The van der Waals surface area contributed by atoms with Crippen LogP contribution in [-0.4, -0.2) is 44.2 Å². The second kappa shape index (κ2) is 8.85. The Balaban J connectivity index is 1.76. The topological polar surface area (TPSA) is 117 Å². The van der Waals surface area contributed by atoms with Gasteiger partial charge in [-0.1, -0.05) is 17.7 Å². The molecule has 0 bridgehead atoms. The Bertz CT molecular complexity index is 1110. The summed E-state index contributed by atoms with van der Waals surface area (Å²) in [7, 11) is -3.80. The minimum Gasteiger partial charge on any atom is -0.450 e. The van der Waals surface area contributed by atoms with Crippen molar-refractivity contribution in [3.8, 4) is 6.07 Å². The number of sulfone groups is 1. The quantitative estimate of drug-likeness (QED) is 0.753. The first-order chi connectivity index (χ1) is 14.2. The number of nitrogens with one attached hydrogen (secondary N) is 1. The fourth-order valence-electron chi connectivity index (χ4n) is 3.14. The Kier molecular flexibility index (Phi) is 6.43. The van der Waals surface area contributed by atoms with Gasteiger partial charge in [0, 0.05) is 11.4 Å². The number of nitrogens with zero attached hydrogens (tertiary/aromatic N) is 2. The number of benzene rings is 1. The summed E-state index contributed by atoms with van der Waals surface area (Å²) in [5.41, 5.74) is 2.01.